The van der Waals surface area contributed by atoms with Crippen LogP contribution >= 0.6 is 0 Å². The van der Waals surface area contributed by atoms with Gasteiger partial charge in [0, 0.05) is 18.7 Å². The standard InChI is InChI=1S/C19H22N2O3S/c22-25(23,20-19-14-21-11-9-15(19)10-12-21)18-8-4-7-17(13-18)24-16-5-2-1-3-6-16/h1-8,13,15,19-20H,9-12,14H2. The topological polar surface area (TPSA) is 58.6 Å². The summed E-state index contributed by atoms with van der Waals surface area (Å²) in [6.45, 7) is 2.98. The third-order valence-corrected chi connectivity index (χ3v) is 6.54. The highest BCUT2D eigenvalue weighted by atomic mass is 32.2. The predicted octanol–water partition coefficient (Wildman–Crippen LogP) is 2.85. The van der Waals surface area contributed by atoms with Crippen LogP contribution in [0.15, 0.2) is 59.5 Å². The molecule has 2 aromatic carbocycles. The predicted molar refractivity (Wildman–Crippen MR) is 96.2 cm³/mol. The minimum Gasteiger partial charge on any atom is -0.457 e. The van der Waals surface area contributed by atoms with Gasteiger partial charge in [0.1, 0.15) is 11.5 Å². The van der Waals surface area contributed by atoms with Crippen LogP contribution in [0.25, 0.3) is 0 Å². The molecular weight excluding hydrogens is 336 g/mol. The number of fused-ring (bicyclic) bond motifs is 3. The molecule has 3 fully saturated rings. The van der Waals surface area contributed by atoms with Gasteiger partial charge in [-0.1, -0.05) is 24.3 Å². The summed E-state index contributed by atoms with van der Waals surface area (Å²) in [5.41, 5.74) is 0. The van der Waals surface area contributed by atoms with E-state index >= 15 is 0 Å². The molecule has 5 nitrogen and oxygen atoms in total. The highest BCUT2D eigenvalue weighted by Gasteiger charge is 2.36. The van der Waals surface area contributed by atoms with Gasteiger partial charge in [-0.15, -0.1) is 0 Å². The van der Waals surface area contributed by atoms with Crippen LogP contribution in [-0.4, -0.2) is 39.0 Å². The lowest BCUT2D eigenvalue weighted by atomic mass is 9.85. The van der Waals surface area contributed by atoms with E-state index in [0.29, 0.717) is 17.4 Å². The molecular formula is C19H22N2O3S. The molecule has 3 saturated heterocycles. The second kappa shape index (κ2) is 6.78. The normalized spacial score (nSPS) is 25.7. The van der Waals surface area contributed by atoms with Gasteiger partial charge in [0.05, 0.1) is 4.90 Å². The highest BCUT2D eigenvalue weighted by Crippen LogP contribution is 2.29. The van der Waals surface area contributed by atoms with E-state index in [4.69, 9.17) is 4.74 Å². The van der Waals surface area contributed by atoms with Crippen molar-refractivity contribution >= 4 is 10.0 Å². The van der Waals surface area contributed by atoms with Crippen LogP contribution in [0.1, 0.15) is 12.8 Å². The lowest BCUT2D eigenvalue weighted by Gasteiger charge is -2.44. The molecule has 0 aromatic heterocycles. The van der Waals surface area contributed by atoms with Crippen molar-refractivity contribution in [2.45, 2.75) is 23.8 Å². The number of hydrogen-bond acceptors (Lipinski definition) is 4. The van der Waals surface area contributed by atoms with Crippen molar-refractivity contribution in [3.05, 3.63) is 54.6 Å². The third-order valence-electron chi connectivity index (χ3n) is 5.06. The molecule has 5 rings (SSSR count). The molecule has 0 spiro atoms. The van der Waals surface area contributed by atoms with Gasteiger partial charge in [-0.25, -0.2) is 13.1 Å². The number of ether oxygens (including phenoxy) is 1. The minimum atomic E-state index is -3.55. The summed E-state index contributed by atoms with van der Waals surface area (Å²) in [6, 6.07) is 16.0. The molecule has 3 aliphatic rings. The molecule has 0 saturated carbocycles. The molecule has 6 heteroatoms. The number of nitrogens with one attached hydrogen (secondary N) is 1. The Labute approximate surface area is 148 Å². The summed E-state index contributed by atoms with van der Waals surface area (Å²) in [5, 5.41) is 0. The molecule has 1 unspecified atom stereocenters. The van der Waals surface area contributed by atoms with Crippen molar-refractivity contribution in [3.63, 3.8) is 0 Å². The molecule has 0 aliphatic carbocycles. The van der Waals surface area contributed by atoms with Crippen molar-refractivity contribution in [2.24, 2.45) is 5.92 Å². The second-order valence-corrected chi connectivity index (χ2v) is 8.47. The molecule has 2 bridgehead atoms. The quantitative estimate of drug-likeness (QED) is 0.893. The van der Waals surface area contributed by atoms with Gasteiger partial charge in [0.15, 0.2) is 0 Å². The van der Waals surface area contributed by atoms with Crippen molar-refractivity contribution in [3.8, 4) is 11.5 Å². The fourth-order valence-electron chi connectivity index (χ4n) is 3.70. The van der Waals surface area contributed by atoms with Crippen molar-refractivity contribution < 1.29 is 13.2 Å². The van der Waals surface area contributed by atoms with Gasteiger partial charge >= 0.3 is 0 Å². The number of sulfonamides is 1. The molecule has 3 aliphatic heterocycles. The molecule has 1 atom stereocenters. The van der Waals surface area contributed by atoms with Gasteiger partial charge in [-0.05, 0) is 56.1 Å². The maximum atomic E-state index is 12.8. The first-order valence-electron chi connectivity index (χ1n) is 8.68. The van der Waals surface area contributed by atoms with E-state index in [1.54, 1.807) is 24.3 Å². The number of rotatable bonds is 5. The zero-order valence-electron chi connectivity index (χ0n) is 14.0. The van der Waals surface area contributed by atoms with E-state index < -0.39 is 10.0 Å². The number of para-hydroxylation sites is 1. The van der Waals surface area contributed by atoms with E-state index in [9.17, 15) is 8.42 Å². The summed E-state index contributed by atoms with van der Waals surface area (Å²) in [4.78, 5) is 2.58. The first-order chi connectivity index (χ1) is 12.1. The van der Waals surface area contributed by atoms with Crippen LogP contribution in [0.4, 0.5) is 0 Å². The van der Waals surface area contributed by atoms with Crippen molar-refractivity contribution in [2.75, 3.05) is 19.6 Å². The Kier molecular flexibility index (Phi) is 4.50. The summed E-state index contributed by atoms with van der Waals surface area (Å²) in [5.74, 6) is 1.65. The minimum absolute atomic E-state index is 0.00574. The zero-order valence-corrected chi connectivity index (χ0v) is 14.8. The van der Waals surface area contributed by atoms with Gasteiger partial charge in [0.2, 0.25) is 10.0 Å². The Morgan fingerprint density at radius 2 is 1.68 bits per heavy atom. The summed E-state index contributed by atoms with van der Waals surface area (Å²) >= 11 is 0. The van der Waals surface area contributed by atoms with Crippen LogP contribution in [0, 0.1) is 5.92 Å². The third kappa shape index (κ3) is 3.71. The number of piperidine rings is 3. The first-order valence-corrected chi connectivity index (χ1v) is 10.2. The largest absolute Gasteiger partial charge is 0.457 e. The fraction of sp³-hybridized carbons (Fsp3) is 0.368. The van der Waals surface area contributed by atoms with Crippen LogP contribution < -0.4 is 9.46 Å². The maximum absolute atomic E-state index is 12.8. The van der Waals surface area contributed by atoms with Gasteiger partial charge < -0.3 is 9.64 Å². The Balaban J connectivity index is 1.51. The number of hydrogen-bond donors (Lipinski definition) is 1. The smallest absolute Gasteiger partial charge is 0.241 e. The maximum Gasteiger partial charge on any atom is 0.241 e. The number of nitrogens with zero attached hydrogens (tertiary/aromatic N) is 1. The fourth-order valence-corrected chi connectivity index (χ4v) is 5.03. The van der Waals surface area contributed by atoms with Crippen LogP contribution in [-0.2, 0) is 10.0 Å². The Morgan fingerprint density at radius 1 is 0.960 bits per heavy atom. The second-order valence-electron chi connectivity index (χ2n) is 6.76. The van der Waals surface area contributed by atoms with Crippen LogP contribution in [0.3, 0.4) is 0 Å². The zero-order chi connectivity index (χ0) is 17.3. The molecule has 132 valence electrons. The summed E-state index contributed by atoms with van der Waals surface area (Å²) in [7, 11) is -3.55. The van der Waals surface area contributed by atoms with E-state index in [1.165, 1.54) is 0 Å². The number of benzene rings is 2. The molecule has 1 N–H and O–H groups in total. The van der Waals surface area contributed by atoms with Gasteiger partial charge in [0.25, 0.3) is 0 Å². The molecule has 3 heterocycles. The highest BCUT2D eigenvalue weighted by molar-refractivity contribution is 7.89. The van der Waals surface area contributed by atoms with Crippen LogP contribution in [0.5, 0.6) is 11.5 Å². The van der Waals surface area contributed by atoms with E-state index in [1.807, 2.05) is 30.3 Å². The molecule has 0 amide bonds. The van der Waals surface area contributed by atoms with E-state index in [0.717, 1.165) is 32.5 Å². The monoisotopic (exact) mass is 358 g/mol. The summed E-state index contributed by atoms with van der Waals surface area (Å²) in [6.07, 6.45) is 2.15. The Bertz CT molecular complexity index is 831. The van der Waals surface area contributed by atoms with Crippen molar-refractivity contribution in [1.82, 2.24) is 9.62 Å². The van der Waals surface area contributed by atoms with Gasteiger partial charge in [-0.2, -0.15) is 0 Å². The summed E-state index contributed by atoms with van der Waals surface area (Å²) < 4.78 is 34.3. The Morgan fingerprint density at radius 3 is 2.36 bits per heavy atom. The van der Waals surface area contributed by atoms with Crippen LogP contribution in [0.2, 0.25) is 0 Å². The SMILES string of the molecule is O=S(=O)(NC1CN2CCC1CC2)c1cccc(Oc2ccccc2)c1. The molecule has 25 heavy (non-hydrogen) atoms. The average molecular weight is 358 g/mol. The van der Waals surface area contributed by atoms with E-state index in [-0.39, 0.29) is 10.9 Å². The van der Waals surface area contributed by atoms with Crippen molar-refractivity contribution in [1.29, 1.82) is 0 Å². The lowest BCUT2D eigenvalue weighted by Crippen LogP contribution is -2.57. The average Bonchev–Trinajstić information content (AvgIpc) is 2.63. The van der Waals surface area contributed by atoms with E-state index in [2.05, 4.69) is 9.62 Å². The Hall–Kier alpha value is -1.89. The first kappa shape index (κ1) is 16.6. The lowest BCUT2D eigenvalue weighted by molar-refractivity contribution is 0.0827. The van der Waals surface area contributed by atoms with Gasteiger partial charge in [-0.3, -0.25) is 0 Å². The molecule has 2 aromatic rings. The molecule has 0 radical (unpaired) electrons.